The summed E-state index contributed by atoms with van der Waals surface area (Å²) in [5.41, 5.74) is -2.13. The molecular weight excluding hydrogens is 196 g/mol. The van der Waals surface area contributed by atoms with Crippen LogP contribution in [-0.2, 0) is 9.59 Å². The number of rotatable bonds is 6. The molecule has 0 bridgehead atoms. The van der Waals surface area contributed by atoms with E-state index < -0.39 is 24.0 Å². The minimum atomic E-state index is -2.13. The van der Waals surface area contributed by atoms with Crippen molar-refractivity contribution < 1.29 is 24.9 Å². The van der Waals surface area contributed by atoms with Crippen LogP contribution in [0.1, 0.15) is 12.8 Å². The molecule has 0 amide bonds. The van der Waals surface area contributed by atoms with E-state index in [4.69, 9.17) is 10.2 Å². The Morgan fingerprint density at radius 1 is 1.38 bits per heavy atom. The van der Waals surface area contributed by atoms with Crippen molar-refractivity contribution >= 4 is 23.7 Å². The number of hydrogen-bond acceptors (Lipinski definition) is 4. The van der Waals surface area contributed by atoms with Crippen molar-refractivity contribution in [2.24, 2.45) is 0 Å². The standard InChI is InChI=1S/C7H12O5S/c1-13-3-2-7(12,6(10)11)4-5(8)9/h12H,2-4H2,1H3,(H,8,9)(H,10,11). The second-order valence-electron chi connectivity index (χ2n) is 2.65. The van der Waals surface area contributed by atoms with Gasteiger partial charge in [0.1, 0.15) is 0 Å². The summed E-state index contributed by atoms with van der Waals surface area (Å²) in [6.07, 6.45) is 0.932. The van der Waals surface area contributed by atoms with Gasteiger partial charge in [-0.2, -0.15) is 11.8 Å². The Hall–Kier alpha value is -0.750. The molecule has 76 valence electrons. The molecule has 6 heteroatoms. The predicted molar refractivity (Wildman–Crippen MR) is 47.8 cm³/mol. The van der Waals surface area contributed by atoms with Gasteiger partial charge >= 0.3 is 11.9 Å². The fourth-order valence-corrected chi connectivity index (χ4v) is 1.33. The minimum absolute atomic E-state index is 0.0597. The summed E-state index contributed by atoms with van der Waals surface area (Å²) in [4.78, 5) is 20.8. The molecule has 1 atom stereocenters. The van der Waals surface area contributed by atoms with Crippen LogP contribution in [0.15, 0.2) is 0 Å². The Balaban J connectivity index is 4.34. The Morgan fingerprint density at radius 2 is 1.92 bits per heavy atom. The molecule has 0 aromatic heterocycles. The molecule has 0 fully saturated rings. The highest BCUT2D eigenvalue weighted by Crippen LogP contribution is 2.18. The first-order valence-corrected chi connectivity index (χ1v) is 4.98. The lowest BCUT2D eigenvalue weighted by atomic mass is 9.97. The smallest absolute Gasteiger partial charge is 0.336 e. The van der Waals surface area contributed by atoms with E-state index in [9.17, 15) is 14.7 Å². The van der Waals surface area contributed by atoms with Gasteiger partial charge in [-0.3, -0.25) is 4.79 Å². The molecule has 0 rings (SSSR count). The van der Waals surface area contributed by atoms with Crippen molar-refractivity contribution in [1.82, 2.24) is 0 Å². The topological polar surface area (TPSA) is 94.8 Å². The molecule has 0 aliphatic heterocycles. The molecule has 0 heterocycles. The second-order valence-corrected chi connectivity index (χ2v) is 3.64. The molecule has 3 N–H and O–H groups in total. The van der Waals surface area contributed by atoms with Gasteiger partial charge in [-0.15, -0.1) is 0 Å². The fraction of sp³-hybridized carbons (Fsp3) is 0.714. The van der Waals surface area contributed by atoms with Gasteiger partial charge in [-0.1, -0.05) is 0 Å². The van der Waals surface area contributed by atoms with E-state index in [1.807, 2.05) is 0 Å². The first kappa shape index (κ1) is 12.2. The van der Waals surface area contributed by atoms with Crippen molar-refractivity contribution in [1.29, 1.82) is 0 Å². The zero-order chi connectivity index (χ0) is 10.5. The molecule has 0 saturated carbocycles. The SMILES string of the molecule is CSCCC(O)(CC(=O)O)C(=O)O. The van der Waals surface area contributed by atoms with Gasteiger partial charge in [-0.25, -0.2) is 4.79 Å². The third-order valence-corrected chi connectivity index (χ3v) is 2.17. The molecule has 0 spiro atoms. The molecule has 0 aromatic rings. The van der Waals surface area contributed by atoms with Crippen LogP contribution in [0, 0.1) is 0 Å². The second kappa shape index (κ2) is 5.08. The van der Waals surface area contributed by atoms with Gasteiger partial charge < -0.3 is 15.3 Å². The van der Waals surface area contributed by atoms with Crippen molar-refractivity contribution in [2.45, 2.75) is 18.4 Å². The van der Waals surface area contributed by atoms with Gasteiger partial charge in [0.2, 0.25) is 0 Å². The van der Waals surface area contributed by atoms with E-state index in [0.717, 1.165) is 0 Å². The van der Waals surface area contributed by atoms with E-state index in [1.54, 1.807) is 6.26 Å². The Bertz CT molecular complexity index is 205. The molecule has 1 unspecified atom stereocenters. The fourth-order valence-electron chi connectivity index (χ4n) is 0.792. The van der Waals surface area contributed by atoms with Gasteiger partial charge in [0.15, 0.2) is 5.60 Å². The van der Waals surface area contributed by atoms with E-state index in [1.165, 1.54) is 11.8 Å². The molecule has 0 aromatic carbocycles. The van der Waals surface area contributed by atoms with Crippen molar-refractivity contribution in [3.05, 3.63) is 0 Å². The zero-order valence-electron chi connectivity index (χ0n) is 7.19. The average Bonchev–Trinajstić information content (AvgIpc) is 1.99. The Labute approximate surface area is 79.8 Å². The molecule has 5 nitrogen and oxygen atoms in total. The Morgan fingerprint density at radius 3 is 2.23 bits per heavy atom. The molecular formula is C7H12O5S. The Kier molecular flexibility index (Phi) is 4.79. The molecule has 0 aliphatic rings. The molecule has 0 radical (unpaired) electrons. The quantitative estimate of drug-likeness (QED) is 0.570. The lowest BCUT2D eigenvalue weighted by molar-refractivity contribution is -0.165. The summed E-state index contributed by atoms with van der Waals surface area (Å²) in [5.74, 6) is -2.38. The molecule has 0 aliphatic carbocycles. The largest absolute Gasteiger partial charge is 0.481 e. The van der Waals surface area contributed by atoms with Crippen molar-refractivity contribution in [3.63, 3.8) is 0 Å². The maximum atomic E-state index is 10.5. The maximum absolute atomic E-state index is 10.5. The lowest BCUT2D eigenvalue weighted by Gasteiger charge is -2.20. The number of aliphatic hydroxyl groups is 1. The average molecular weight is 208 g/mol. The normalized spacial score (nSPS) is 14.9. The zero-order valence-corrected chi connectivity index (χ0v) is 8.00. The summed E-state index contributed by atoms with van der Waals surface area (Å²) >= 11 is 1.36. The van der Waals surface area contributed by atoms with Crippen LogP contribution in [0.4, 0.5) is 0 Å². The maximum Gasteiger partial charge on any atom is 0.336 e. The van der Waals surface area contributed by atoms with E-state index in [0.29, 0.717) is 5.75 Å². The molecule has 0 saturated heterocycles. The van der Waals surface area contributed by atoms with Crippen LogP contribution in [0.2, 0.25) is 0 Å². The number of carboxylic acids is 2. The van der Waals surface area contributed by atoms with Crippen LogP contribution in [0.5, 0.6) is 0 Å². The van der Waals surface area contributed by atoms with E-state index in [2.05, 4.69) is 0 Å². The van der Waals surface area contributed by atoms with Gasteiger partial charge in [-0.05, 0) is 18.4 Å². The lowest BCUT2D eigenvalue weighted by Crippen LogP contribution is -2.41. The number of carboxylic acid groups (broad SMARTS) is 2. The number of aliphatic carboxylic acids is 2. The third kappa shape index (κ3) is 4.14. The first-order valence-electron chi connectivity index (χ1n) is 3.59. The number of hydrogen-bond donors (Lipinski definition) is 3. The third-order valence-electron chi connectivity index (χ3n) is 1.56. The van der Waals surface area contributed by atoms with E-state index >= 15 is 0 Å². The summed E-state index contributed by atoms with van der Waals surface area (Å²) in [6.45, 7) is 0. The van der Waals surface area contributed by atoms with Crippen LogP contribution in [0.3, 0.4) is 0 Å². The molecule has 13 heavy (non-hydrogen) atoms. The van der Waals surface area contributed by atoms with Gasteiger partial charge in [0, 0.05) is 0 Å². The number of carbonyl (C=O) groups is 2. The highest BCUT2D eigenvalue weighted by Gasteiger charge is 2.37. The van der Waals surface area contributed by atoms with Crippen molar-refractivity contribution in [3.8, 4) is 0 Å². The van der Waals surface area contributed by atoms with Gasteiger partial charge in [0.25, 0.3) is 0 Å². The highest BCUT2D eigenvalue weighted by atomic mass is 32.2. The first-order chi connectivity index (χ1) is 5.92. The van der Waals surface area contributed by atoms with Crippen molar-refractivity contribution in [2.75, 3.05) is 12.0 Å². The number of thioether (sulfide) groups is 1. The van der Waals surface area contributed by atoms with Crippen LogP contribution < -0.4 is 0 Å². The monoisotopic (exact) mass is 208 g/mol. The van der Waals surface area contributed by atoms with Gasteiger partial charge in [0.05, 0.1) is 6.42 Å². The summed E-state index contributed by atoms with van der Waals surface area (Å²) in [5, 5.41) is 26.3. The van der Waals surface area contributed by atoms with Crippen LogP contribution in [0.25, 0.3) is 0 Å². The predicted octanol–water partition coefficient (Wildman–Crippen LogP) is 0.0299. The van der Waals surface area contributed by atoms with E-state index in [-0.39, 0.29) is 6.42 Å². The highest BCUT2D eigenvalue weighted by molar-refractivity contribution is 7.98. The summed E-state index contributed by atoms with van der Waals surface area (Å²) in [7, 11) is 0. The van der Waals surface area contributed by atoms with Crippen LogP contribution in [-0.4, -0.2) is 44.9 Å². The van der Waals surface area contributed by atoms with Crippen LogP contribution >= 0.6 is 11.8 Å². The minimum Gasteiger partial charge on any atom is -0.481 e. The summed E-state index contributed by atoms with van der Waals surface area (Å²) in [6, 6.07) is 0. The summed E-state index contributed by atoms with van der Waals surface area (Å²) < 4.78 is 0.